The number of carbonyl (C=O) groups excluding carboxylic acids is 2. The first-order valence-electron chi connectivity index (χ1n) is 7.00. The Labute approximate surface area is 117 Å². The molecule has 20 heavy (non-hydrogen) atoms. The Hall–Kier alpha value is -2.22. The van der Waals surface area contributed by atoms with E-state index in [2.05, 4.69) is 0 Å². The second kappa shape index (κ2) is 4.14. The maximum Gasteiger partial charge on any atom is 0.167 e. The van der Waals surface area contributed by atoms with E-state index in [1.807, 2.05) is 48.5 Å². The summed E-state index contributed by atoms with van der Waals surface area (Å²) in [4.78, 5) is 24.7. The summed E-state index contributed by atoms with van der Waals surface area (Å²) in [5.74, 6) is 0.364. The van der Waals surface area contributed by atoms with Crippen LogP contribution in [0.1, 0.15) is 44.2 Å². The molecular weight excluding hydrogens is 248 g/mol. The van der Waals surface area contributed by atoms with Crippen LogP contribution in [0.15, 0.2) is 48.5 Å². The van der Waals surface area contributed by atoms with E-state index >= 15 is 0 Å². The maximum atomic E-state index is 12.6. The fourth-order valence-corrected chi connectivity index (χ4v) is 3.65. The van der Waals surface area contributed by atoms with Crippen molar-refractivity contribution in [2.24, 2.45) is 5.92 Å². The van der Waals surface area contributed by atoms with E-state index in [4.69, 9.17) is 0 Å². The Morgan fingerprint density at radius 2 is 1.45 bits per heavy atom. The molecule has 2 atom stereocenters. The van der Waals surface area contributed by atoms with Crippen molar-refractivity contribution in [3.05, 3.63) is 70.8 Å². The van der Waals surface area contributed by atoms with Crippen molar-refractivity contribution in [2.75, 3.05) is 0 Å². The molecule has 0 spiro atoms. The Balaban J connectivity index is 1.75. The molecule has 2 aromatic carbocycles. The smallest absolute Gasteiger partial charge is 0.167 e. The van der Waals surface area contributed by atoms with Crippen LogP contribution in [0.5, 0.6) is 0 Å². The van der Waals surface area contributed by atoms with Crippen LogP contribution in [-0.4, -0.2) is 11.6 Å². The molecule has 2 nitrogen and oxygen atoms in total. The summed E-state index contributed by atoms with van der Waals surface area (Å²) in [5, 5.41) is 0. The lowest BCUT2D eigenvalue weighted by molar-refractivity contribution is 0.0906. The van der Waals surface area contributed by atoms with Crippen LogP contribution in [0.2, 0.25) is 0 Å². The first-order valence-corrected chi connectivity index (χ1v) is 7.00. The Bertz CT molecular complexity index is 730. The number of Topliss-reactive ketones (excluding diaryl/α,β-unsaturated/α-hetero) is 2. The van der Waals surface area contributed by atoms with Crippen molar-refractivity contribution in [2.45, 2.75) is 18.8 Å². The normalized spacial score (nSPS) is 23.8. The van der Waals surface area contributed by atoms with E-state index in [1.165, 1.54) is 0 Å². The van der Waals surface area contributed by atoms with Gasteiger partial charge in [0.1, 0.15) is 0 Å². The zero-order chi connectivity index (χ0) is 13.7. The summed E-state index contributed by atoms with van der Waals surface area (Å²) in [6.45, 7) is 0. The lowest BCUT2D eigenvalue weighted by Crippen LogP contribution is -2.17. The highest BCUT2D eigenvalue weighted by atomic mass is 16.1. The van der Waals surface area contributed by atoms with Gasteiger partial charge in [0.05, 0.1) is 0 Å². The minimum absolute atomic E-state index is 0.0543. The number of hydrogen-bond acceptors (Lipinski definition) is 2. The summed E-state index contributed by atoms with van der Waals surface area (Å²) in [6.07, 6.45) is 1.24. The predicted molar refractivity (Wildman–Crippen MR) is 76.1 cm³/mol. The second-order valence-electron chi connectivity index (χ2n) is 5.65. The SMILES string of the molecule is O=C1CC(C2Cc3ccccc3C2=O)c2ccccc21. The number of fused-ring (bicyclic) bond motifs is 2. The molecule has 0 radical (unpaired) electrons. The van der Waals surface area contributed by atoms with Gasteiger partial charge in [-0.05, 0) is 17.5 Å². The summed E-state index contributed by atoms with van der Waals surface area (Å²) < 4.78 is 0. The molecule has 0 aliphatic heterocycles. The molecule has 2 aromatic rings. The average Bonchev–Trinajstić information content (AvgIpc) is 2.99. The van der Waals surface area contributed by atoms with Gasteiger partial charge in [-0.1, -0.05) is 48.5 Å². The zero-order valence-corrected chi connectivity index (χ0v) is 11.0. The lowest BCUT2D eigenvalue weighted by Gasteiger charge is -2.17. The molecule has 2 heteroatoms. The molecule has 0 N–H and O–H groups in total. The highest BCUT2D eigenvalue weighted by molar-refractivity contribution is 6.06. The van der Waals surface area contributed by atoms with Crippen LogP contribution < -0.4 is 0 Å². The number of carbonyl (C=O) groups is 2. The van der Waals surface area contributed by atoms with E-state index in [9.17, 15) is 9.59 Å². The van der Waals surface area contributed by atoms with Crippen LogP contribution in [-0.2, 0) is 6.42 Å². The van der Waals surface area contributed by atoms with Gasteiger partial charge in [0, 0.05) is 29.4 Å². The molecule has 0 saturated heterocycles. The summed E-state index contributed by atoms with van der Waals surface area (Å²) >= 11 is 0. The van der Waals surface area contributed by atoms with Crippen molar-refractivity contribution in [3.63, 3.8) is 0 Å². The molecule has 0 heterocycles. The van der Waals surface area contributed by atoms with Crippen molar-refractivity contribution in [1.82, 2.24) is 0 Å². The molecule has 0 bridgehead atoms. The fraction of sp³-hybridized carbons (Fsp3) is 0.222. The standard InChI is InChI=1S/C18H14O2/c19-17-10-15(13-7-3-4-8-14(13)17)16-9-11-5-1-2-6-12(11)18(16)20/h1-8,15-16H,9-10H2. The summed E-state index contributed by atoms with van der Waals surface area (Å²) in [5.41, 5.74) is 3.83. The Morgan fingerprint density at radius 1 is 0.750 bits per heavy atom. The van der Waals surface area contributed by atoms with Gasteiger partial charge in [-0.3, -0.25) is 9.59 Å². The van der Waals surface area contributed by atoms with Crippen LogP contribution in [0.4, 0.5) is 0 Å². The molecule has 4 rings (SSSR count). The van der Waals surface area contributed by atoms with Gasteiger partial charge in [-0.25, -0.2) is 0 Å². The van der Waals surface area contributed by atoms with E-state index in [1.54, 1.807) is 0 Å². The zero-order valence-electron chi connectivity index (χ0n) is 11.0. The average molecular weight is 262 g/mol. The van der Waals surface area contributed by atoms with E-state index < -0.39 is 0 Å². The minimum Gasteiger partial charge on any atom is -0.294 e. The van der Waals surface area contributed by atoms with E-state index in [0.717, 1.165) is 28.7 Å². The minimum atomic E-state index is -0.0694. The quantitative estimate of drug-likeness (QED) is 0.789. The molecule has 0 aromatic heterocycles. The largest absolute Gasteiger partial charge is 0.294 e. The van der Waals surface area contributed by atoms with E-state index in [0.29, 0.717) is 6.42 Å². The predicted octanol–water partition coefficient (Wildman–Crippen LogP) is 3.41. The fourth-order valence-electron chi connectivity index (χ4n) is 3.65. The van der Waals surface area contributed by atoms with Crippen molar-refractivity contribution in [3.8, 4) is 0 Å². The van der Waals surface area contributed by atoms with Gasteiger partial charge in [0.25, 0.3) is 0 Å². The van der Waals surface area contributed by atoms with Crippen LogP contribution in [0.3, 0.4) is 0 Å². The first-order chi connectivity index (χ1) is 9.75. The van der Waals surface area contributed by atoms with Crippen LogP contribution in [0, 0.1) is 5.92 Å². The first kappa shape index (κ1) is 11.6. The number of rotatable bonds is 1. The molecule has 98 valence electrons. The third-order valence-corrected chi connectivity index (χ3v) is 4.61. The second-order valence-corrected chi connectivity index (χ2v) is 5.65. The van der Waals surface area contributed by atoms with Gasteiger partial charge in [0.2, 0.25) is 0 Å². The van der Waals surface area contributed by atoms with Gasteiger partial charge in [-0.15, -0.1) is 0 Å². The molecule has 2 aliphatic carbocycles. The molecule has 2 unspecified atom stereocenters. The Kier molecular flexibility index (Phi) is 2.40. The van der Waals surface area contributed by atoms with Gasteiger partial charge in [-0.2, -0.15) is 0 Å². The van der Waals surface area contributed by atoms with Crippen molar-refractivity contribution < 1.29 is 9.59 Å². The highest BCUT2D eigenvalue weighted by Gasteiger charge is 2.41. The van der Waals surface area contributed by atoms with E-state index in [-0.39, 0.29) is 23.4 Å². The lowest BCUT2D eigenvalue weighted by atomic mass is 9.84. The third kappa shape index (κ3) is 1.51. The van der Waals surface area contributed by atoms with Crippen LogP contribution >= 0.6 is 0 Å². The van der Waals surface area contributed by atoms with Crippen molar-refractivity contribution in [1.29, 1.82) is 0 Å². The molecular formula is C18H14O2. The Morgan fingerprint density at radius 3 is 2.25 bits per heavy atom. The number of hydrogen-bond donors (Lipinski definition) is 0. The highest BCUT2D eigenvalue weighted by Crippen LogP contribution is 2.43. The summed E-state index contributed by atoms with van der Waals surface area (Å²) in [6, 6.07) is 15.5. The summed E-state index contributed by atoms with van der Waals surface area (Å²) in [7, 11) is 0. The number of benzene rings is 2. The molecule has 0 amide bonds. The molecule has 0 fully saturated rings. The maximum absolute atomic E-state index is 12.6. The van der Waals surface area contributed by atoms with Gasteiger partial charge < -0.3 is 0 Å². The van der Waals surface area contributed by atoms with Gasteiger partial charge in [0.15, 0.2) is 11.6 Å². The third-order valence-electron chi connectivity index (χ3n) is 4.61. The molecule has 2 aliphatic rings. The number of ketones is 2. The topological polar surface area (TPSA) is 34.1 Å². The van der Waals surface area contributed by atoms with Crippen LogP contribution in [0.25, 0.3) is 0 Å². The van der Waals surface area contributed by atoms with Gasteiger partial charge >= 0.3 is 0 Å². The monoisotopic (exact) mass is 262 g/mol. The molecule has 0 saturated carbocycles. The van der Waals surface area contributed by atoms with Crippen molar-refractivity contribution >= 4 is 11.6 Å².